The van der Waals surface area contributed by atoms with Crippen molar-refractivity contribution in [2.75, 3.05) is 13.7 Å². The standard InChI is InChI=1S/C22H21NO6/c1-3-29-22(25)21-19(15-4-8-17(9-5-15)23(26)27)12-16(13-20(21)24)14-6-10-18(28-2)11-7-14/h4-11,13,19,21H,3,12H2,1-2H3/t19-,21-/m1/s1. The third-order valence-corrected chi connectivity index (χ3v) is 5.00. The number of benzene rings is 2. The van der Waals surface area contributed by atoms with Crippen LogP contribution < -0.4 is 4.74 Å². The quantitative estimate of drug-likeness (QED) is 0.318. The van der Waals surface area contributed by atoms with E-state index in [1.807, 2.05) is 12.1 Å². The van der Waals surface area contributed by atoms with Crippen molar-refractivity contribution in [1.29, 1.82) is 0 Å². The molecule has 29 heavy (non-hydrogen) atoms. The minimum atomic E-state index is -0.974. The van der Waals surface area contributed by atoms with Gasteiger partial charge >= 0.3 is 5.97 Å². The predicted octanol–water partition coefficient (Wildman–Crippen LogP) is 3.92. The number of hydrogen-bond donors (Lipinski definition) is 0. The van der Waals surface area contributed by atoms with Crippen LogP contribution >= 0.6 is 0 Å². The Hall–Kier alpha value is -3.48. The molecule has 150 valence electrons. The van der Waals surface area contributed by atoms with Gasteiger partial charge in [-0.1, -0.05) is 24.3 Å². The van der Waals surface area contributed by atoms with Crippen LogP contribution in [0.1, 0.15) is 30.4 Å². The van der Waals surface area contributed by atoms with Crippen LogP contribution in [0.3, 0.4) is 0 Å². The number of nitro benzene ring substituents is 1. The van der Waals surface area contributed by atoms with Crippen LogP contribution in [0.15, 0.2) is 54.6 Å². The number of ether oxygens (including phenoxy) is 2. The molecular weight excluding hydrogens is 374 g/mol. The van der Waals surface area contributed by atoms with Crippen LogP contribution in [0.4, 0.5) is 5.69 Å². The van der Waals surface area contributed by atoms with E-state index in [1.54, 1.807) is 38.3 Å². The zero-order chi connectivity index (χ0) is 21.0. The number of rotatable bonds is 6. The summed E-state index contributed by atoms with van der Waals surface area (Å²) in [6.07, 6.45) is 1.92. The number of methoxy groups -OCH3 is 1. The molecule has 2 aromatic carbocycles. The van der Waals surface area contributed by atoms with E-state index in [9.17, 15) is 19.7 Å². The number of nitrogens with zero attached hydrogens (tertiary/aromatic N) is 1. The molecule has 0 bridgehead atoms. The molecule has 0 radical (unpaired) electrons. The second-order valence-corrected chi connectivity index (χ2v) is 6.69. The second kappa shape index (κ2) is 8.68. The third kappa shape index (κ3) is 4.34. The normalized spacial score (nSPS) is 18.7. The van der Waals surface area contributed by atoms with Crippen LogP contribution in [0.25, 0.3) is 5.57 Å². The molecule has 0 saturated carbocycles. The number of nitro groups is 1. The highest BCUT2D eigenvalue weighted by atomic mass is 16.6. The van der Waals surface area contributed by atoms with Crippen molar-refractivity contribution in [3.63, 3.8) is 0 Å². The Balaban J connectivity index is 1.99. The van der Waals surface area contributed by atoms with E-state index in [4.69, 9.17) is 9.47 Å². The second-order valence-electron chi connectivity index (χ2n) is 6.69. The van der Waals surface area contributed by atoms with E-state index in [0.717, 1.165) is 11.1 Å². The van der Waals surface area contributed by atoms with Crippen molar-refractivity contribution >= 4 is 23.0 Å². The van der Waals surface area contributed by atoms with E-state index in [0.29, 0.717) is 17.7 Å². The molecule has 0 aliphatic heterocycles. The molecule has 0 N–H and O–H groups in total. The van der Waals surface area contributed by atoms with Crippen molar-refractivity contribution in [3.8, 4) is 5.75 Å². The summed E-state index contributed by atoms with van der Waals surface area (Å²) in [4.78, 5) is 35.8. The summed E-state index contributed by atoms with van der Waals surface area (Å²) < 4.78 is 10.3. The lowest BCUT2D eigenvalue weighted by atomic mass is 9.73. The van der Waals surface area contributed by atoms with Crippen molar-refractivity contribution in [2.45, 2.75) is 19.3 Å². The maximum absolute atomic E-state index is 12.9. The molecule has 1 aliphatic rings. The van der Waals surface area contributed by atoms with Gasteiger partial charge in [-0.25, -0.2) is 0 Å². The molecule has 0 amide bonds. The highest BCUT2D eigenvalue weighted by Gasteiger charge is 2.39. The third-order valence-electron chi connectivity index (χ3n) is 5.00. The fraction of sp³-hybridized carbons (Fsp3) is 0.273. The van der Waals surface area contributed by atoms with Gasteiger partial charge in [-0.15, -0.1) is 0 Å². The van der Waals surface area contributed by atoms with Crippen LogP contribution in [-0.2, 0) is 14.3 Å². The summed E-state index contributed by atoms with van der Waals surface area (Å²) in [5.41, 5.74) is 2.28. The fourth-order valence-corrected chi connectivity index (χ4v) is 3.55. The number of allylic oxidation sites excluding steroid dienone is 2. The number of carbonyl (C=O) groups excluding carboxylic acids is 2. The summed E-state index contributed by atoms with van der Waals surface area (Å²) in [7, 11) is 1.58. The molecule has 1 aliphatic carbocycles. The maximum Gasteiger partial charge on any atom is 0.317 e. The zero-order valence-corrected chi connectivity index (χ0v) is 16.2. The summed E-state index contributed by atoms with van der Waals surface area (Å²) in [6.45, 7) is 1.86. The minimum Gasteiger partial charge on any atom is -0.497 e. The molecule has 0 unspecified atom stereocenters. The number of carbonyl (C=O) groups is 2. The number of hydrogen-bond acceptors (Lipinski definition) is 6. The van der Waals surface area contributed by atoms with Gasteiger partial charge < -0.3 is 9.47 Å². The Morgan fingerprint density at radius 2 is 1.79 bits per heavy atom. The van der Waals surface area contributed by atoms with E-state index in [-0.39, 0.29) is 18.1 Å². The molecule has 0 fully saturated rings. The number of ketones is 1. The number of esters is 1. The van der Waals surface area contributed by atoms with Crippen molar-refractivity contribution in [1.82, 2.24) is 0 Å². The largest absolute Gasteiger partial charge is 0.497 e. The van der Waals surface area contributed by atoms with E-state index in [1.165, 1.54) is 18.2 Å². The highest BCUT2D eigenvalue weighted by molar-refractivity contribution is 6.10. The Morgan fingerprint density at radius 3 is 2.34 bits per heavy atom. The van der Waals surface area contributed by atoms with Crippen LogP contribution in [-0.4, -0.2) is 30.4 Å². The lowest BCUT2D eigenvalue weighted by Crippen LogP contribution is -2.34. The Labute approximate surface area is 168 Å². The molecule has 0 heterocycles. The smallest absolute Gasteiger partial charge is 0.317 e. The van der Waals surface area contributed by atoms with E-state index in [2.05, 4.69) is 0 Å². The molecule has 7 nitrogen and oxygen atoms in total. The zero-order valence-electron chi connectivity index (χ0n) is 16.2. The first-order valence-corrected chi connectivity index (χ1v) is 9.24. The SMILES string of the molecule is CCOC(=O)[C@H]1C(=O)C=C(c2ccc(OC)cc2)C[C@@H]1c1ccc([N+](=O)[O-])cc1. The van der Waals surface area contributed by atoms with Crippen LogP contribution in [0.5, 0.6) is 5.75 Å². The summed E-state index contributed by atoms with van der Waals surface area (Å²) in [6, 6.07) is 13.3. The average Bonchev–Trinajstić information content (AvgIpc) is 2.73. The van der Waals surface area contributed by atoms with Gasteiger partial charge in [0.2, 0.25) is 0 Å². The van der Waals surface area contributed by atoms with E-state index < -0.39 is 22.7 Å². The average molecular weight is 395 g/mol. The summed E-state index contributed by atoms with van der Waals surface area (Å²) >= 11 is 0. The minimum absolute atomic E-state index is 0.0468. The lowest BCUT2D eigenvalue weighted by Gasteiger charge is -2.29. The van der Waals surface area contributed by atoms with Crippen molar-refractivity contribution in [3.05, 3.63) is 75.8 Å². The summed E-state index contributed by atoms with van der Waals surface area (Å²) in [5.74, 6) is -1.65. The first-order valence-electron chi connectivity index (χ1n) is 9.24. The fourth-order valence-electron chi connectivity index (χ4n) is 3.55. The molecule has 2 atom stereocenters. The number of non-ortho nitro benzene ring substituents is 1. The predicted molar refractivity (Wildman–Crippen MR) is 107 cm³/mol. The van der Waals surface area contributed by atoms with Crippen LogP contribution in [0, 0.1) is 16.0 Å². The van der Waals surface area contributed by atoms with Crippen molar-refractivity contribution in [2.24, 2.45) is 5.92 Å². The van der Waals surface area contributed by atoms with Gasteiger partial charge in [-0.3, -0.25) is 19.7 Å². The molecule has 3 rings (SSSR count). The molecule has 0 aromatic heterocycles. The molecule has 0 saturated heterocycles. The summed E-state index contributed by atoms with van der Waals surface area (Å²) in [5, 5.41) is 10.9. The first kappa shape index (κ1) is 20.3. The Bertz CT molecular complexity index is 946. The monoisotopic (exact) mass is 395 g/mol. The van der Waals surface area contributed by atoms with Crippen molar-refractivity contribution < 1.29 is 24.0 Å². The van der Waals surface area contributed by atoms with Gasteiger partial charge in [0.1, 0.15) is 11.7 Å². The van der Waals surface area contributed by atoms with Gasteiger partial charge in [0.15, 0.2) is 5.78 Å². The topological polar surface area (TPSA) is 95.7 Å². The van der Waals surface area contributed by atoms with Gasteiger partial charge in [0.25, 0.3) is 5.69 Å². The highest BCUT2D eigenvalue weighted by Crippen LogP contribution is 2.41. The molecule has 7 heteroatoms. The van der Waals surface area contributed by atoms with Gasteiger partial charge in [-0.05, 0) is 48.3 Å². The molecule has 0 spiro atoms. The first-order chi connectivity index (χ1) is 13.9. The Kier molecular flexibility index (Phi) is 6.07. The van der Waals surface area contributed by atoms with Gasteiger partial charge in [-0.2, -0.15) is 0 Å². The lowest BCUT2D eigenvalue weighted by molar-refractivity contribution is -0.384. The Morgan fingerprint density at radius 1 is 1.14 bits per heavy atom. The van der Waals surface area contributed by atoms with Crippen LogP contribution in [0.2, 0.25) is 0 Å². The van der Waals surface area contributed by atoms with Gasteiger partial charge in [0.05, 0.1) is 18.6 Å². The molecule has 2 aromatic rings. The van der Waals surface area contributed by atoms with Gasteiger partial charge in [0, 0.05) is 18.1 Å². The molecular formula is C22H21NO6. The van der Waals surface area contributed by atoms with E-state index >= 15 is 0 Å². The maximum atomic E-state index is 12.9.